The standard InChI is InChI=1S/C29H44O4Si/c1-11-14-23(5)32-28(31)27-22(4)18-21(3)19-24(27)20-25(30)16-13-17-26(15-12-2)33-34(9,10)29(6,7)8/h11-13,15-16,18-19,23,26H,1,14,17,20H2,2-10H3/b15-12+,16-13+/t23-,26-/m1/s1. The second-order valence-corrected chi connectivity index (χ2v) is 15.3. The highest BCUT2D eigenvalue weighted by Crippen LogP contribution is 2.37. The summed E-state index contributed by atoms with van der Waals surface area (Å²) < 4.78 is 12.1. The van der Waals surface area contributed by atoms with E-state index < -0.39 is 14.3 Å². The second-order valence-electron chi connectivity index (χ2n) is 10.6. The Morgan fingerprint density at radius 3 is 2.35 bits per heavy atom. The van der Waals surface area contributed by atoms with E-state index in [2.05, 4.69) is 46.5 Å². The van der Waals surface area contributed by atoms with E-state index in [1.54, 1.807) is 12.2 Å². The molecule has 34 heavy (non-hydrogen) atoms. The predicted octanol–water partition coefficient (Wildman–Crippen LogP) is 7.45. The Balaban J connectivity index is 2.98. The van der Waals surface area contributed by atoms with Crippen molar-refractivity contribution >= 4 is 20.1 Å². The molecular weight excluding hydrogens is 440 g/mol. The van der Waals surface area contributed by atoms with Gasteiger partial charge in [-0.15, -0.1) is 6.58 Å². The van der Waals surface area contributed by atoms with Gasteiger partial charge in [0.15, 0.2) is 14.1 Å². The number of aryl methyl sites for hydroxylation is 2. The van der Waals surface area contributed by atoms with Crippen LogP contribution in [0.1, 0.15) is 74.5 Å². The maximum Gasteiger partial charge on any atom is 0.338 e. The van der Waals surface area contributed by atoms with Crippen LogP contribution in [0.4, 0.5) is 0 Å². The van der Waals surface area contributed by atoms with Crippen LogP contribution in [0.5, 0.6) is 0 Å². The Bertz CT molecular complexity index is 919. The Labute approximate surface area is 208 Å². The minimum Gasteiger partial charge on any atom is -0.459 e. The summed E-state index contributed by atoms with van der Waals surface area (Å²) in [5.74, 6) is -0.445. The highest BCUT2D eigenvalue weighted by atomic mass is 28.4. The van der Waals surface area contributed by atoms with Crippen LogP contribution in [-0.4, -0.2) is 32.3 Å². The molecule has 5 heteroatoms. The van der Waals surface area contributed by atoms with Crippen LogP contribution in [0, 0.1) is 13.8 Å². The van der Waals surface area contributed by atoms with Gasteiger partial charge in [-0.3, -0.25) is 4.79 Å². The zero-order chi connectivity index (χ0) is 26.1. The molecule has 0 aliphatic rings. The topological polar surface area (TPSA) is 52.6 Å². The first-order valence-corrected chi connectivity index (χ1v) is 15.0. The number of ketones is 1. The molecule has 2 atom stereocenters. The Hall–Kier alpha value is -2.24. The van der Waals surface area contributed by atoms with Crippen molar-refractivity contribution in [1.29, 1.82) is 0 Å². The van der Waals surface area contributed by atoms with Gasteiger partial charge in [0.1, 0.15) is 6.10 Å². The molecule has 0 aliphatic carbocycles. The van der Waals surface area contributed by atoms with Gasteiger partial charge in [0, 0.05) is 12.8 Å². The molecule has 0 saturated carbocycles. The van der Waals surface area contributed by atoms with Crippen LogP contribution in [0.3, 0.4) is 0 Å². The summed E-state index contributed by atoms with van der Waals surface area (Å²) in [5, 5.41) is 0.115. The predicted molar refractivity (Wildman–Crippen MR) is 145 cm³/mol. The van der Waals surface area contributed by atoms with Crippen LogP contribution in [-0.2, 0) is 20.4 Å². The third kappa shape index (κ3) is 9.19. The number of rotatable bonds is 12. The van der Waals surface area contributed by atoms with Gasteiger partial charge in [-0.2, -0.15) is 0 Å². The maximum atomic E-state index is 12.8. The molecule has 0 unspecified atom stereocenters. The van der Waals surface area contributed by atoms with Crippen LogP contribution >= 0.6 is 0 Å². The Morgan fingerprint density at radius 1 is 1.15 bits per heavy atom. The first-order chi connectivity index (χ1) is 15.7. The minimum atomic E-state index is -1.92. The summed E-state index contributed by atoms with van der Waals surface area (Å²) in [6, 6.07) is 3.84. The lowest BCUT2D eigenvalue weighted by Gasteiger charge is -2.38. The SMILES string of the molecule is C=CC[C@@H](C)OC(=O)c1c(C)cc(C)cc1CC(=O)/C=C/C[C@@H](/C=C/C)O[Si](C)(C)C(C)(C)C. The molecule has 0 heterocycles. The number of hydrogen-bond acceptors (Lipinski definition) is 4. The number of benzene rings is 1. The number of ether oxygens (including phenoxy) is 1. The van der Waals surface area contributed by atoms with Gasteiger partial charge in [0.25, 0.3) is 0 Å². The number of esters is 1. The quantitative estimate of drug-likeness (QED) is 0.134. The normalized spacial score (nSPS) is 14.4. The average Bonchev–Trinajstić information content (AvgIpc) is 2.66. The van der Waals surface area contributed by atoms with Gasteiger partial charge >= 0.3 is 5.97 Å². The summed E-state index contributed by atoms with van der Waals surface area (Å²) in [6.07, 6.45) is 10.3. The first kappa shape index (κ1) is 29.8. The van der Waals surface area contributed by atoms with Crippen molar-refractivity contribution in [3.05, 3.63) is 71.3 Å². The van der Waals surface area contributed by atoms with Crippen LogP contribution in [0.2, 0.25) is 18.1 Å². The zero-order valence-electron chi connectivity index (χ0n) is 22.7. The van der Waals surface area contributed by atoms with Crippen LogP contribution in [0.15, 0.2) is 49.1 Å². The van der Waals surface area contributed by atoms with E-state index in [-0.39, 0.29) is 29.5 Å². The van der Waals surface area contributed by atoms with Crippen molar-refractivity contribution < 1.29 is 18.8 Å². The first-order valence-electron chi connectivity index (χ1n) is 12.1. The molecule has 0 spiro atoms. The third-order valence-electron chi connectivity index (χ3n) is 6.27. The molecule has 0 aliphatic heterocycles. The van der Waals surface area contributed by atoms with E-state index in [1.165, 1.54) is 0 Å². The monoisotopic (exact) mass is 484 g/mol. The second kappa shape index (κ2) is 13.0. The molecule has 0 fully saturated rings. The van der Waals surface area contributed by atoms with Crippen molar-refractivity contribution in [3.63, 3.8) is 0 Å². The fourth-order valence-corrected chi connectivity index (χ4v) is 4.81. The van der Waals surface area contributed by atoms with E-state index in [0.29, 0.717) is 24.0 Å². The van der Waals surface area contributed by atoms with Crippen LogP contribution < -0.4 is 0 Å². The van der Waals surface area contributed by atoms with Crippen molar-refractivity contribution in [2.45, 2.75) is 98.1 Å². The Kier molecular flexibility index (Phi) is 11.4. The average molecular weight is 485 g/mol. The van der Waals surface area contributed by atoms with Gasteiger partial charge in [0.05, 0.1) is 11.7 Å². The Morgan fingerprint density at radius 2 is 1.79 bits per heavy atom. The fraction of sp³-hybridized carbons (Fsp3) is 0.517. The van der Waals surface area contributed by atoms with Gasteiger partial charge in [-0.25, -0.2) is 4.79 Å². The lowest BCUT2D eigenvalue weighted by atomic mass is 9.95. The van der Waals surface area contributed by atoms with Crippen LogP contribution in [0.25, 0.3) is 0 Å². The summed E-state index contributed by atoms with van der Waals surface area (Å²) in [4.78, 5) is 25.7. The number of carbonyl (C=O) groups is 2. The number of allylic oxidation sites excluding steroid dienone is 2. The van der Waals surface area contributed by atoms with Gasteiger partial charge in [-0.05, 0) is 69.5 Å². The third-order valence-corrected chi connectivity index (χ3v) is 10.8. The number of hydrogen-bond donors (Lipinski definition) is 0. The van der Waals surface area contributed by atoms with Gasteiger partial charge < -0.3 is 9.16 Å². The summed E-state index contributed by atoms with van der Waals surface area (Å²) in [6.45, 7) is 22.5. The van der Waals surface area contributed by atoms with Gasteiger partial charge in [-0.1, -0.05) is 62.8 Å². The molecule has 1 aromatic carbocycles. The van der Waals surface area contributed by atoms with Crippen molar-refractivity contribution in [2.24, 2.45) is 0 Å². The fourth-order valence-electron chi connectivity index (χ4n) is 3.53. The molecule has 0 bridgehead atoms. The van der Waals surface area contributed by atoms with Crippen molar-refractivity contribution in [3.8, 4) is 0 Å². The molecule has 0 amide bonds. The molecule has 188 valence electrons. The van der Waals surface area contributed by atoms with E-state index in [4.69, 9.17) is 9.16 Å². The lowest BCUT2D eigenvalue weighted by Crippen LogP contribution is -2.43. The summed E-state index contributed by atoms with van der Waals surface area (Å²) in [5.41, 5.74) is 3.01. The smallest absolute Gasteiger partial charge is 0.338 e. The molecule has 0 aromatic heterocycles. The van der Waals surface area contributed by atoms with E-state index in [0.717, 1.165) is 11.1 Å². The molecular formula is C29H44O4Si. The van der Waals surface area contributed by atoms with Crippen molar-refractivity contribution in [2.75, 3.05) is 0 Å². The van der Waals surface area contributed by atoms with E-state index >= 15 is 0 Å². The lowest BCUT2D eigenvalue weighted by molar-refractivity contribution is -0.114. The molecule has 0 N–H and O–H groups in total. The maximum absolute atomic E-state index is 12.8. The summed E-state index contributed by atoms with van der Waals surface area (Å²) >= 11 is 0. The van der Waals surface area contributed by atoms with Gasteiger partial charge in [0.2, 0.25) is 0 Å². The molecule has 4 nitrogen and oxygen atoms in total. The minimum absolute atomic E-state index is 0.0512. The zero-order valence-corrected chi connectivity index (χ0v) is 23.7. The largest absolute Gasteiger partial charge is 0.459 e. The molecule has 1 rings (SSSR count). The molecule has 0 radical (unpaired) electrons. The summed E-state index contributed by atoms with van der Waals surface area (Å²) in [7, 11) is -1.92. The van der Waals surface area contributed by atoms with E-state index in [9.17, 15) is 9.59 Å². The highest BCUT2D eigenvalue weighted by molar-refractivity contribution is 6.74. The van der Waals surface area contributed by atoms with E-state index in [1.807, 2.05) is 52.0 Å². The highest BCUT2D eigenvalue weighted by Gasteiger charge is 2.38. The van der Waals surface area contributed by atoms with Crippen molar-refractivity contribution in [1.82, 2.24) is 0 Å². The molecule has 1 aromatic rings. The molecule has 0 saturated heterocycles. The number of carbonyl (C=O) groups excluding carboxylic acids is 2.